The van der Waals surface area contributed by atoms with Crippen molar-refractivity contribution in [2.45, 2.75) is 6.54 Å². The lowest BCUT2D eigenvalue weighted by molar-refractivity contribution is -0.115. The van der Waals surface area contributed by atoms with E-state index in [0.29, 0.717) is 17.5 Å². The van der Waals surface area contributed by atoms with Crippen LogP contribution in [0.1, 0.15) is 5.56 Å². The van der Waals surface area contributed by atoms with Crippen molar-refractivity contribution < 1.29 is 4.79 Å². The number of carbonyl (C=O) groups excluding carboxylic acids is 1. The fraction of sp³-hybridized carbons (Fsp3) is 0.222. The molecule has 0 aliphatic carbocycles. The third-order valence-electron chi connectivity index (χ3n) is 3.37. The second-order valence-electron chi connectivity index (χ2n) is 5.30. The van der Waals surface area contributed by atoms with Crippen molar-refractivity contribution in [3.05, 3.63) is 65.2 Å². The van der Waals surface area contributed by atoms with E-state index in [4.69, 9.17) is 11.6 Å². The lowest BCUT2D eigenvalue weighted by Crippen LogP contribution is -2.42. The van der Waals surface area contributed by atoms with E-state index in [2.05, 4.69) is 15.6 Å². The Morgan fingerprint density at radius 1 is 1.12 bits per heavy atom. The molecule has 0 aliphatic heterocycles. The standard InChI is InChI=1S/C18H21ClN4O/c1-20-18(23(2)13-14-8-10-15(19)11-9-14)21-12-17(24)22-16-6-4-3-5-7-16/h3-11H,12-13H2,1-2H3,(H,20,21)(H,22,24). The zero-order valence-corrected chi connectivity index (χ0v) is 14.5. The highest BCUT2D eigenvalue weighted by Gasteiger charge is 2.09. The third-order valence-corrected chi connectivity index (χ3v) is 3.62. The molecule has 126 valence electrons. The first kappa shape index (κ1) is 17.8. The summed E-state index contributed by atoms with van der Waals surface area (Å²) in [7, 11) is 3.61. The second kappa shape index (κ2) is 8.93. The molecular formula is C18H21ClN4O. The number of rotatable bonds is 5. The van der Waals surface area contributed by atoms with Gasteiger partial charge >= 0.3 is 0 Å². The van der Waals surface area contributed by atoms with E-state index in [1.807, 2.05) is 66.5 Å². The molecule has 0 aliphatic rings. The number of nitrogens with zero attached hydrogens (tertiary/aromatic N) is 2. The number of para-hydroxylation sites is 1. The van der Waals surface area contributed by atoms with E-state index in [1.54, 1.807) is 7.05 Å². The van der Waals surface area contributed by atoms with Gasteiger partial charge in [0.05, 0.1) is 6.54 Å². The SMILES string of the molecule is CN=C(NCC(=O)Nc1ccccc1)N(C)Cc1ccc(Cl)cc1. The Bertz CT molecular complexity index is 686. The van der Waals surface area contributed by atoms with Crippen molar-refractivity contribution in [2.75, 3.05) is 26.0 Å². The number of benzene rings is 2. The summed E-state index contributed by atoms with van der Waals surface area (Å²) in [5.41, 5.74) is 1.88. The number of nitrogens with one attached hydrogen (secondary N) is 2. The van der Waals surface area contributed by atoms with Crippen LogP contribution < -0.4 is 10.6 Å². The van der Waals surface area contributed by atoms with Gasteiger partial charge in [-0.3, -0.25) is 9.79 Å². The smallest absolute Gasteiger partial charge is 0.243 e. The molecule has 0 saturated heterocycles. The number of amides is 1. The molecule has 0 aromatic heterocycles. The number of carbonyl (C=O) groups is 1. The van der Waals surface area contributed by atoms with E-state index in [-0.39, 0.29) is 12.5 Å². The first-order chi connectivity index (χ1) is 11.6. The molecule has 0 fully saturated rings. The Morgan fingerprint density at radius 2 is 1.79 bits per heavy atom. The maximum absolute atomic E-state index is 12.0. The summed E-state index contributed by atoms with van der Waals surface area (Å²) in [5.74, 6) is 0.524. The van der Waals surface area contributed by atoms with Crippen molar-refractivity contribution in [3.63, 3.8) is 0 Å². The van der Waals surface area contributed by atoms with E-state index in [1.165, 1.54) is 0 Å². The topological polar surface area (TPSA) is 56.7 Å². The minimum atomic E-state index is -0.123. The van der Waals surface area contributed by atoms with E-state index >= 15 is 0 Å². The number of hydrogen-bond acceptors (Lipinski definition) is 2. The fourth-order valence-corrected chi connectivity index (χ4v) is 2.34. The highest BCUT2D eigenvalue weighted by atomic mass is 35.5. The van der Waals surface area contributed by atoms with Gasteiger partial charge in [0.25, 0.3) is 0 Å². The van der Waals surface area contributed by atoms with Gasteiger partial charge in [-0.2, -0.15) is 0 Å². The number of hydrogen-bond donors (Lipinski definition) is 2. The fourth-order valence-electron chi connectivity index (χ4n) is 2.21. The van der Waals surface area contributed by atoms with Crippen LogP contribution in [0.2, 0.25) is 5.02 Å². The highest BCUT2D eigenvalue weighted by Crippen LogP contribution is 2.11. The van der Waals surface area contributed by atoms with Gasteiger partial charge in [0.1, 0.15) is 0 Å². The van der Waals surface area contributed by atoms with Crippen molar-refractivity contribution in [1.29, 1.82) is 0 Å². The minimum Gasteiger partial charge on any atom is -0.347 e. The number of guanidine groups is 1. The maximum Gasteiger partial charge on any atom is 0.243 e. The molecule has 1 amide bonds. The van der Waals surface area contributed by atoms with Gasteiger partial charge in [0.15, 0.2) is 5.96 Å². The summed E-state index contributed by atoms with van der Waals surface area (Å²) in [4.78, 5) is 18.1. The minimum absolute atomic E-state index is 0.123. The van der Waals surface area contributed by atoms with Crippen molar-refractivity contribution >= 4 is 29.2 Å². The molecule has 0 unspecified atom stereocenters. The molecule has 2 rings (SSSR count). The predicted molar refractivity (Wildman–Crippen MR) is 99.4 cm³/mol. The zero-order chi connectivity index (χ0) is 17.4. The maximum atomic E-state index is 12.0. The van der Waals surface area contributed by atoms with Gasteiger partial charge in [-0.1, -0.05) is 41.9 Å². The summed E-state index contributed by atoms with van der Waals surface area (Å²) < 4.78 is 0. The van der Waals surface area contributed by atoms with Crippen LogP contribution in [0, 0.1) is 0 Å². The highest BCUT2D eigenvalue weighted by molar-refractivity contribution is 6.30. The Kier molecular flexibility index (Phi) is 6.63. The molecule has 0 radical (unpaired) electrons. The van der Waals surface area contributed by atoms with Crippen LogP contribution in [-0.2, 0) is 11.3 Å². The Labute approximate surface area is 147 Å². The molecule has 0 atom stereocenters. The summed E-state index contributed by atoms with van der Waals surface area (Å²) in [6.07, 6.45) is 0. The van der Waals surface area contributed by atoms with Crippen LogP contribution in [0.15, 0.2) is 59.6 Å². The van der Waals surface area contributed by atoms with Gasteiger partial charge in [0, 0.05) is 31.4 Å². The molecule has 5 nitrogen and oxygen atoms in total. The summed E-state index contributed by atoms with van der Waals surface area (Å²) >= 11 is 5.89. The molecule has 2 aromatic rings. The van der Waals surface area contributed by atoms with Crippen LogP contribution in [0.25, 0.3) is 0 Å². The summed E-state index contributed by atoms with van der Waals surface area (Å²) in [6.45, 7) is 0.809. The number of anilines is 1. The first-order valence-electron chi connectivity index (χ1n) is 7.59. The second-order valence-corrected chi connectivity index (χ2v) is 5.73. The van der Waals surface area contributed by atoms with Gasteiger partial charge in [-0.05, 0) is 29.8 Å². The van der Waals surface area contributed by atoms with E-state index in [0.717, 1.165) is 11.3 Å². The number of aliphatic imine (C=N–C) groups is 1. The van der Waals surface area contributed by atoms with Crippen LogP contribution >= 0.6 is 11.6 Å². The Hall–Kier alpha value is -2.53. The molecular weight excluding hydrogens is 324 g/mol. The lowest BCUT2D eigenvalue weighted by Gasteiger charge is -2.22. The van der Waals surface area contributed by atoms with Gasteiger partial charge in [-0.25, -0.2) is 0 Å². The molecule has 6 heteroatoms. The van der Waals surface area contributed by atoms with Crippen LogP contribution in [0.5, 0.6) is 0 Å². The summed E-state index contributed by atoms with van der Waals surface area (Å²) in [5, 5.41) is 6.59. The third kappa shape index (κ3) is 5.59. The van der Waals surface area contributed by atoms with Crippen LogP contribution in [-0.4, -0.2) is 37.4 Å². The zero-order valence-electron chi connectivity index (χ0n) is 13.8. The van der Waals surface area contributed by atoms with Crippen LogP contribution in [0.3, 0.4) is 0 Å². The van der Waals surface area contributed by atoms with E-state index in [9.17, 15) is 4.79 Å². The lowest BCUT2D eigenvalue weighted by atomic mass is 10.2. The van der Waals surface area contributed by atoms with Crippen molar-refractivity contribution in [3.8, 4) is 0 Å². The monoisotopic (exact) mass is 344 g/mol. The van der Waals surface area contributed by atoms with Gasteiger partial charge < -0.3 is 15.5 Å². The van der Waals surface area contributed by atoms with Gasteiger partial charge in [-0.15, -0.1) is 0 Å². The predicted octanol–water partition coefficient (Wildman–Crippen LogP) is 2.99. The largest absolute Gasteiger partial charge is 0.347 e. The first-order valence-corrected chi connectivity index (χ1v) is 7.97. The molecule has 2 N–H and O–H groups in total. The Morgan fingerprint density at radius 3 is 2.42 bits per heavy atom. The normalized spacial score (nSPS) is 11.0. The average Bonchev–Trinajstić information content (AvgIpc) is 2.58. The van der Waals surface area contributed by atoms with E-state index < -0.39 is 0 Å². The molecule has 0 spiro atoms. The van der Waals surface area contributed by atoms with Crippen molar-refractivity contribution in [2.24, 2.45) is 4.99 Å². The molecule has 0 bridgehead atoms. The molecule has 24 heavy (non-hydrogen) atoms. The molecule has 2 aromatic carbocycles. The summed E-state index contributed by atoms with van der Waals surface area (Å²) in [6, 6.07) is 17.0. The van der Waals surface area contributed by atoms with Gasteiger partial charge in [0.2, 0.25) is 5.91 Å². The Balaban J connectivity index is 1.85. The molecule has 0 saturated carbocycles. The van der Waals surface area contributed by atoms with Crippen molar-refractivity contribution in [1.82, 2.24) is 10.2 Å². The molecule has 0 heterocycles. The van der Waals surface area contributed by atoms with Crippen LogP contribution in [0.4, 0.5) is 5.69 Å². The quantitative estimate of drug-likeness (QED) is 0.647. The average molecular weight is 345 g/mol. The number of halogens is 1.